The minimum absolute atomic E-state index is 0.230. The summed E-state index contributed by atoms with van der Waals surface area (Å²) in [6, 6.07) is 13.3. The lowest BCUT2D eigenvalue weighted by Crippen LogP contribution is -2.32. The number of amides is 1. The van der Waals surface area contributed by atoms with Crippen LogP contribution in [0.2, 0.25) is 0 Å². The van der Waals surface area contributed by atoms with Crippen molar-refractivity contribution >= 4 is 15.9 Å². The Labute approximate surface area is 180 Å². The van der Waals surface area contributed by atoms with Crippen molar-refractivity contribution in [2.45, 2.75) is 57.3 Å². The Morgan fingerprint density at radius 2 is 1.73 bits per heavy atom. The van der Waals surface area contributed by atoms with Crippen LogP contribution in [-0.4, -0.2) is 38.3 Å². The Morgan fingerprint density at radius 1 is 1.00 bits per heavy atom. The van der Waals surface area contributed by atoms with E-state index in [-0.39, 0.29) is 10.8 Å². The molecule has 0 unspecified atom stereocenters. The Balaban J connectivity index is 1.64. The van der Waals surface area contributed by atoms with Crippen molar-refractivity contribution in [2.24, 2.45) is 0 Å². The highest BCUT2D eigenvalue weighted by Gasteiger charge is 2.27. The lowest BCUT2D eigenvalue weighted by atomic mass is 10.1. The van der Waals surface area contributed by atoms with Crippen molar-refractivity contribution in [3.05, 3.63) is 64.7 Å². The van der Waals surface area contributed by atoms with E-state index in [4.69, 9.17) is 0 Å². The zero-order chi connectivity index (χ0) is 21.6. The molecule has 0 spiro atoms. The maximum atomic E-state index is 13.2. The van der Waals surface area contributed by atoms with Gasteiger partial charge in [0.2, 0.25) is 10.0 Å². The molecule has 3 rings (SSSR count). The fraction of sp³-hybridized carbons (Fsp3) is 0.458. The van der Waals surface area contributed by atoms with Crippen LogP contribution in [0.15, 0.2) is 47.4 Å². The molecule has 30 heavy (non-hydrogen) atoms. The first-order chi connectivity index (χ1) is 14.4. The average Bonchev–Trinajstić information content (AvgIpc) is 3.01. The zero-order valence-electron chi connectivity index (χ0n) is 18.0. The predicted octanol–water partition coefficient (Wildman–Crippen LogP) is 4.23. The molecule has 0 radical (unpaired) electrons. The van der Waals surface area contributed by atoms with E-state index >= 15 is 0 Å². The minimum atomic E-state index is -3.58. The first kappa shape index (κ1) is 22.5. The quantitative estimate of drug-likeness (QED) is 0.671. The number of nitrogens with zero attached hydrogens (tertiary/aromatic N) is 1. The van der Waals surface area contributed by atoms with Gasteiger partial charge in [-0.05, 0) is 62.8 Å². The number of carbonyl (C=O) groups is 1. The van der Waals surface area contributed by atoms with Gasteiger partial charge in [-0.25, -0.2) is 8.42 Å². The smallest absolute Gasteiger partial charge is 0.251 e. The van der Waals surface area contributed by atoms with Gasteiger partial charge in [0.25, 0.3) is 5.91 Å². The summed E-state index contributed by atoms with van der Waals surface area (Å²) in [5.41, 5.74) is 3.56. The standard InChI is InChI=1S/C24H32N2O3S/c1-19-9-7-10-21(17-19)11-8-14-25-24(27)22-13-12-20(2)23(18-22)30(28,29)26-15-5-3-4-6-16-26/h7,9-10,12-13,17-18H,3-6,8,11,14-16H2,1-2H3,(H,25,27). The van der Waals surface area contributed by atoms with E-state index < -0.39 is 10.0 Å². The molecule has 0 saturated carbocycles. The molecule has 0 atom stereocenters. The number of hydrogen-bond acceptors (Lipinski definition) is 3. The van der Waals surface area contributed by atoms with E-state index in [1.807, 2.05) is 6.07 Å². The highest BCUT2D eigenvalue weighted by Crippen LogP contribution is 2.24. The van der Waals surface area contributed by atoms with Crippen LogP contribution in [0.5, 0.6) is 0 Å². The van der Waals surface area contributed by atoms with Gasteiger partial charge in [-0.1, -0.05) is 48.7 Å². The average molecular weight is 429 g/mol. The van der Waals surface area contributed by atoms with Gasteiger partial charge in [-0.15, -0.1) is 0 Å². The van der Waals surface area contributed by atoms with Crippen molar-refractivity contribution in [1.29, 1.82) is 0 Å². The molecule has 1 aliphatic heterocycles. The largest absolute Gasteiger partial charge is 0.352 e. The summed E-state index contributed by atoms with van der Waals surface area (Å²) >= 11 is 0. The summed E-state index contributed by atoms with van der Waals surface area (Å²) in [6.07, 6.45) is 5.63. The first-order valence-electron chi connectivity index (χ1n) is 10.8. The van der Waals surface area contributed by atoms with Gasteiger partial charge in [0.1, 0.15) is 0 Å². The van der Waals surface area contributed by atoms with E-state index in [1.165, 1.54) is 17.2 Å². The summed E-state index contributed by atoms with van der Waals surface area (Å²) < 4.78 is 27.9. The Kier molecular flexibility index (Phi) is 7.67. The molecular weight excluding hydrogens is 396 g/mol. The molecule has 1 aliphatic rings. The molecule has 0 aromatic heterocycles. The number of carbonyl (C=O) groups excluding carboxylic acids is 1. The third-order valence-electron chi connectivity index (χ3n) is 5.64. The van der Waals surface area contributed by atoms with Crippen LogP contribution in [0.3, 0.4) is 0 Å². The number of nitrogens with one attached hydrogen (secondary N) is 1. The van der Waals surface area contributed by atoms with Gasteiger partial charge in [0, 0.05) is 25.2 Å². The van der Waals surface area contributed by atoms with Gasteiger partial charge in [-0.3, -0.25) is 4.79 Å². The number of hydrogen-bond donors (Lipinski definition) is 1. The van der Waals surface area contributed by atoms with E-state index in [0.29, 0.717) is 30.8 Å². The highest BCUT2D eigenvalue weighted by atomic mass is 32.2. The van der Waals surface area contributed by atoms with Crippen molar-refractivity contribution in [3.63, 3.8) is 0 Å². The monoisotopic (exact) mass is 428 g/mol. The maximum Gasteiger partial charge on any atom is 0.251 e. The zero-order valence-corrected chi connectivity index (χ0v) is 18.8. The molecular formula is C24H32N2O3S. The SMILES string of the molecule is Cc1cccc(CCCNC(=O)c2ccc(C)c(S(=O)(=O)N3CCCCCC3)c2)c1. The van der Waals surface area contributed by atoms with Crippen LogP contribution in [0.1, 0.15) is 59.2 Å². The Morgan fingerprint density at radius 3 is 2.43 bits per heavy atom. The second-order valence-electron chi connectivity index (χ2n) is 8.15. The van der Waals surface area contributed by atoms with Crippen LogP contribution in [-0.2, 0) is 16.4 Å². The highest BCUT2D eigenvalue weighted by molar-refractivity contribution is 7.89. The van der Waals surface area contributed by atoms with Gasteiger partial charge >= 0.3 is 0 Å². The van der Waals surface area contributed by atoms with Gasteiger partial charge in [0.15, 0.2) is 0 Å². The molecule has 2 aromatic rings. The lowest BCUT2D eigenvalue weighted by molar-refractivity contribution is 0.0953. The minimum Gasteiger partial charge on any atom is -0.352 e. The number of aryl methyl sites for hydroxylation is 3. The van der Waals surface area contributed by atoms with E-state index in [2.05, 4.69) is 30.4 Å². The van der Waals surface area contributed by atoms with Crippen molar-refractivity contribution in [1.82, 2.24) is 9.62 Å². The predicted molar refractivity (Wildman–Crippen MR) is 120 cm³/mol. The Hall–Kier alpha value is -2.18. The number of benzene rings is 2. The van der Waals surface area contributed by atoms with Gasteiger partial charge in [0.05, 0.1) is 4.90 Å². The second kappa shape index (κ2) is 10.2. The van der Waals surface area contributed by atoms with Crippen molar-refractivity contribution < 1.29 is 13.2 Å². The summed E-state index contributed by atoms with van der Waals surface area (Å²) in [4.78, 5) is 12.9. The summed E-state index contributed by atoms with van der Waals surface area (Å²) in [7, 11) is -3.58. The fourth-order valence-corrected chi connectivity index (χ4v) is 5.67. The molecule has 1 N–H and O–H groups in total. The normalized spacial score (nSPS) is 15.5. The summed E-state index contributed by atoms with van der Waals surface area (Å²) in [5, 5.41) is 2.92. The molecule has 6 heteroatoms. The maximum absolute atomic E-state index is 13.2. The van der Waals surface area contributed by atoms with Crippen LogP contribution < -0.4 is 5.32 Å². The lowest BCUT2D eigenvalue weighted by Gasteiger charge is -2.21. The molecule has 1 fully saturated rings. The fourth-order valence-electron chi connectivity index (χ4n) is 3.90. The topological polar surface area (TPSA) is 66.5 Å². The van der Waals surface area contributed by atoms with Gasteiger partial charge in [-0.2, -0.15) is 4.31 Å². The van der Waals surface area contributed by atoms with Crippen LogP contribution in [0.25, 0.3) is 0 Å². The van der Waals surface area contributed by atoms with Gasteiger partial charge < -0.3 is 5.32 Å². The van der Waals surface area contributed by atoms with Crippen LogP contribution >= 0.6 is 0 Å². The van der Waals surface area contributed by atoms with Crippen LogP contribution in [0.4, 0.5) is 0 Å². The number of rotatable bonds is 7. The molecule has 0 bridgehead atoms. The third-order valence-corrected chi connectivity index (χ3v) is 7.68. The second-order valence-corrected chi connectivity index (χ2v) is 10.1. The molecule has 1 saturated heterocycles. The summed E-state index contributed by atoms with van der Waals surface area (Å²) in [6.45, 7) is 5.51. The first-order valence-corrected chi connectivity index (χ1v) is 12.3. The van der Waals surface area contributed by atoms with E-state index in [0.717, 1.165) is 38.5 Å². The molecule has 1 heterocycles. The number of sulfonamides is 1. The molecule has 1 amide bonds. The molecule has 5 nitrogen and oxygen atoms in total. The van der Waals surface area contributed by atoms with E-state index in [9.17, 15) is 13.2 Å². The third kappa shape index (κ3) is 5.70. The molecule has 2 aromatic carbocycles. The van der Waals surface area contributed by atoms with Crippen molar-refractivity contribution in [3.8, 4) is 0 Å². The molecule has 0 aliphatic carbocycles. The molecule has 162 valence electrons. The Bertz CT molecular complexity index is 978. The summed E-state index contributed by atoms with van der Waals surface area (Å²) in [5.74, 6) is -0.230. The van der Waals surface area contributed by atoms with Crippen molar-refractivity contribution in [2.75, 3.05) is 19.6 Å². The van der Waals surface area contributed by atoms with Crippen LogP contribution in [0, 0.1) is 13.8 Å². The van der Waals surface area contributed by atoms with E-state index in [1.54, 1.807) is 23.4 Å².